The van der Waals surface area contributed by atoms with E-state index in [9.17, 15) is 14.0 Å². The Kier molecular flexibility index (Phi) is 3.67. The van der Waals surface area contributed by atoms with E-state index in [-0.39, 0.29) is 29.7 Å². The van der Waals surface area contributed by atoms with Gasteiger partial charge in [0.25, 0.3) is 5.56 Å². The smallest absolute Gasteiger partial charge is 0.250 e. The highest BCUT2D eigenvalue weighted by atomic mass is 19.1. The van der Waals surface area contributed by atoms with Crippen molar-refractivity contribution in [1.82, 2.24) is 14.0 Å². The maximum atomic E-state index is 13.6. The minimum absolute atomic E-state index is 0.0400. The summed E-state index contributed by atoms with van der Waals surface area (Å²) in [7, 11) is 0. The zero-order valence-corrected chi connectivity index (χ0v) is 14.8. The van der Waals surface area contributed by atoms with Crippen molar-refractivity contribution in [3.05, 3.63) is 70.5 Å². The highest BCUT2D eigenvalue weighted by molar-refractivity contribution is 5.83. The first-order valence-electron chi connectivity index (χ1n) is 9.30. The van der Waals surface area contributed by atoms with Gasteiger partial charge in [-0.25, -0.2) is 4.39 Å². The molecule has 5 nitrogen and oxygen atoms in total. The average Bonchev–Trinajstić information content (AvgIpc) is 3.04. The fourth-order valence-electron chi connectivity index (χ4n) is 4.64. The zero-order chi connectivity index (χ0) is 18.5. The Balaban J connectivity index is 1.39. The molecule has 1 amide bonds. The van der Waals surface area contributed by atoms with Gasteiger partial charge in [0.15, 0.2) is 0 Å². The molecule has 0 radical (unpaired) electrons. The average molecular weight is 365 g/mol. The number of rotatable bonds is 2. The fraction of sp³-hybridized carbons (Fsp3) is 0.333. The third-order valence-corrected chi connectivity index (χ3v) is 5.87. The van der Waals surface area contributed by atoms with Crippen molar-refractivity contribution < 1.29 is 9.18 Å². The second kappa shape index (κ2) is 6.08. The number of piperidine rings is 1. The van der Waals surface area contributed by atoms with Gasteiger partial charge in [0, 0.05) is 43.5 Å². The zero-order valence-electron chi connectivity index (χ0n) is 14.8. The molecular formula is C21H20FN3O2. The number of fused-ring (bicyclic) bond motifs is 5. The first-order valence-corrected chi connectivity index (χ1v) is 9.30. The molecule has 2 bridgehead atoms. The summed E-state index contributed by atoms with van der Waals surface area (Å²) in [6.07, 6.45) is 2.85. The van der Waals surface area contributed by atoms with Crippen molar-refractivity contribution in [1.29, 1.82) is 0 Å². The summed E-state index contributed by atoms with van der Waals surface area (Å²) in [5.74, 6) is 0.246. The lowest BCUT2D eigenvalue weighted by Crippen LogP contribution is -2.49. The van der Waals surface area contributed by atoms with Gasteiger partial charge in [0.1, 0.15) is 12.4 Å². The van der Waals surface area contributed by atoms with Gasteiger partial charge < -0.3 is 14.0 Å². The molecule has 4 heterocycles. The molecule has 1 saturated heterocycles. The van der Waals surface area contributed by atoms with Crippen LogP contribution in [-0.2, 0) is 17.9 Å². The predicted octanol–water partition coefficient (Wildman–Crippen LogP) is 2.59. The number of aromatic nitrogens is 2. The summed E-state index contributed by atoms with van der Waals surface area (Å²) in [4.78, 5) is 27.0. The van der Waals surface area contributed by atoms with Crippen LogP contribution in [0.1, 0.15) is 18.0 Å². The Morgan fingerprint density at radius 3 is 2.89 bits per heavy atom. The first kappa shape index (κ1) is 16.3. The normalized spacial score (nSPS) is 21.3. The Labute approximate surface area is 155 Å². The monoisotopic (exact) mass is 365 g/mol. The van der Waals surface area contributed by atoms with Crippen LogP contribution in [0, 0.1) is 11.7 Å². The van der Waals surface area contributed by atoms with Crippen molar-refractivity contribution in [2.24, 2.45) is 5.92 Å². The molecule has 1 fully saturated rings. The molecule has 6 heteroatoms. The number of pyridine rings is 1. The van der Waals surface area contributed by atoms with E-state index in [4.69, 9.17) is 0 Å². The number of carbonyl (C=O) groups is 1. The third kappa shape index (κ3) is 2.76. The SMILES string of the molecule is O=C(Cn1ccc2ccc(F)cc21)N1CC2CC(C1)c1cccc(=O)n1C2. The molecule has 2 aliphatic heterocycles. The number of likely N-dealkylation sites (tertiary alicyclic amines) is 1. The largest absolute Gasteiger partial charge is 0.340 e. The molecule has 138 valence electrons. The van der Waals surface area contributed by atoms with Crippen LogP contribution in [0.2, 0.25) is 0 Å². The number of nitrogens with zero attached hydrogens (tertiary/aromatic N) is 3. The molecule has 3 aromatic rings. The molecule has 27 heavy (non-hydrogen) atoms. The lowest BCUT2D eigenvalue weighted by molar-refractivity contribution is -0.134. The number of benzene rings is 1. The van der Waals surface area contributed by atoms with Crippen LogP contribution >= 0.6 is 0 Å². The number of amides is 1. The first-order chi connectivity index (χ1) is 13.1. The number of carbonyl (C=O) groups excluding carboxylic acids is 1. The van der Waals surface area contributed by atoms with Gasteiger partial charge in [-0.05, 0) is 48.1 Å². The van der Waals surface area contributed by atoms with Crippen molar-refractivity contribution in [3.8, 4) is 0 Å². The van der Waals surface area contributed by atoms with Crippen molar-refractivity contribution in [3.63, 3.8) is 0 Å². The molecule has 0 spiro atoms. The van der Waals surface area contributed by atoms with Crippen LogP contribution in [0.15, 0.2) is 53.5 Å². The van der Waals surface area contributed by atoms with Gasteiger partial charge in [-0.2, -0.15) is 0 Å². The van der Waals surface area contributed by atoms with E-state index in [2.05, 4.69) is 0 Å². The summed E-state index contributed by atoms with van der Waals surface area (Å²) in [6.45, 7) is 2.18. The predicted molar refractivity (Wildman–Crippen MR) is 100 cm³/mol. The lowest BCUT2D eigenvalue weighted by Gasteiger charge is -2.42. The molecular weight excluding hydrogens is 345 g/mol. The van der Waals surface area contributed by atoms with Gasteiger partial charge in [-0.3, -0.25) is 9.59 Å². The van der Waals surface area contributed by atoms with Crippen molar-refractivity contribution >= 4 is 16.8 Å². The molecule has 0 aliphatic carbocycles. The minimum atomic E-state index is -0.301. The Bertz CT molecular complexity index is 1100. The number of halogens is 1. The van der Waals surface area contributed by atoms with E-state index in [0.717, 1.165) is 23.0 Å². The van der Waals surface area contributed by atoms with Gasteiger partial charge in [0.2, 0.25) is 5.91 Å². The summed E-state index contributed by atoms with van der Waals surface area (Å²) >= 11 is 0. The summed E-state index contributed by atoms with van der Waals surface area (Å²) in [5, 5.41) is 0.924. The Morgan fingerprint density at radius 1 is 1.11 bits per heavy atom. The molecule has 2 aliphatic rings. The second-order valence-electron chi connectivity index (χ2n) is 7.64. The molecule has 2 atom stereocenters. The third-order valence-electron chi connectivity index (χ3n) is 5.87. The summed E-state index contributed by atoms with van der Waals surface area (Å²) in [5.41, 5.74) is 1.81. The van der Waals surface area contributed by atoms with E-state index in [0.29, 0.717) is 25.6 Å². The number of hydrogen-bond donors (Lipinski definition) is 0. The van der Waals surface area contributed by atoms with Gasteiger partial charge >= 0.3 is 0 Å². The molecule has 5 rings (SSSR count). The molecule has 2 aromatic heterocycles. The lowest BCUT2D eigenvalue weighted by atomic mass is 9.83. The second-order valence-corrected chi connectivity index (χ2v) is 7.64. The Morgan fingerprint density at radius 2 is 2.00 bits per heavy atom. The summed E-state index contributed by atoms with van der Waals surface area (Å²) < 4.78 is 17.3. The van der Waals surface area contributed by atoms with Gasteiger partial charge in [-0.1, -0.05) is 6.07 Å². The van der Waals surface area contributed by atoms with E-state index >= 15 is 0 Å². The van der Waals surface area contributed by atoms with Crippen LogP contribution in [0.3, 0.4) is 0 Å². The van der Waals surface area contributed by atoms with E-state index < -0.39 is 0 Å². The maximum absolute atomic E-state index is 13.6. The van der Waals surface area contributed by atoms with Crippen LogP contribution in [0.5, 0.6) is 0 Å². The van der Waals surface area contributed by atoms with Crippen LogP contribution < -0.4 is 5.56 Å². The van der Waals surface area contributed by atoms with Gasteiger partial charge in [-0.15, -0.1) is 0 Å². The number of hydrogen-bond acceptors (Lipinski definition) is 2. The highest BCUT2D eigenvalue weighted by Crippen LogP contribution is 2.35. The standard InChI is InChI=1S/C21H20FN3O2/c22-17-5-4-15-6-7-23(19(15)9-17)13-21(27)24-10-14-8-16(12-24)18-2-1-3-20(26)25(18)11-14/h1-7,9,14,16H,8,10-13H2. The van der Waals surface area contributed by atoms with Crippen LogP contribution in [0.4, 0.5) is 4.39 Å². The van der Waals surface area contributed by atoms with E-state index in [1.54, 1.807) is 18.2 Å². The molecule has 0 N–H and O–H groups in total. The molecule has 1 aromatic carbocycles. The van der Waals surface area contributed by atoms with E-state index in [1.807, 2.05) is 32.4 Å². The van der Waals surface area contributed by atoms with Crippen LogP contribution in [0.25, 0.3) is 10.9 Å². The van der Waals surface area contributed by atoms with Crippen molar-refractivity contribution in [2.45, 2.75) is 25.4 Å². The highest BCUT2D eigenvalue weighted by Gasteiger charge is 2.36. The molecule has 0 saturated carbocycles. The Hall–Kier alpha value is -2.89. The topological polar surface area (TPSA) is 47.2 Å². The van der Waals surface area contributed by atoms with Gasteiger partial charge in [0.05, 0.1) is 5.52 Å². The minimum Gasteiger partial charge on any atom is -0.340 e. The maximum Gasteiger partial charge on any atom is 0.250 e. The molecule has 2 unspecified atom stereocenters. The van der Waals surface area contributed by atoms with Crippen molar-refractivity contribution in [2.75, 3.05) is 13.1 Å². The fourth-order valence-corrected chi connectivity index (χ4v) is 4.64. The van der Waals surface area contributed by atoms with E-state index in [1.165, 1.54) is 12.1 Å². The van der Waals surface area contributed by atoms with Crippen LogP contribution in [-0.4, -0.2) is 33.0 Å². The quantitative estimate of drug-likeness (QED) is 0.701. The summed E-state index contributed by atoms with van der Waals surface area (Å²) in [6, 6.07) is 11.9.